The van der Waals surface area contributed by atoms with Gasteiger partial charge in [-0.3, -0.25) is 9.59 Å². The molecule has 0 spiro atoms. The third-order valence-corrected chi connectivity index (χ3v) is 6.29. The van der Waals surface area contributed by atoms with Gasteiger partial charge in [0.25, 0.3) is 0 Å². The molecule has 2 unspecified atom stereocenters. The Kier molecular flexibility index (Phi) is 15.7. The molecule has 1 N–H and O–H groups in total. The number of hydrogen-bond donors (Lipinski definition) is 1. The molecule has 0 aromatic rings. The Labute approximate surface area is 190 Å². The van der Waals surface area contributed by atoms with Gasteiger partial charge in [0.2, 0.25) is 5.79 Å². The van der Waals surface area contributed by atoms with Crippen LogP contribution in [0.5, 0.6) is 0 Å². The molecule has 1 aliphatic heterocycles. The maximum absolute atomic E-state index is 12.3. The van der Waals surface area contributed by atoms with E-state index in [0.29, 0.717) is 32.1 Å². The van der Waals surface area contributed by atoms with Crippen LogP contribution in [0, 0.1) is 0 Å². The van der Waals surface area contributed by atoms with Crippen molar-refractivity contribution in [3.63, 3.8) is 0 Å². The summed E-state index contributed by atoms with van der Waals surface area (Å²) in [7, 11) is 0. The highest BCUT2D eigenvalue weighted by Crippen LogP contribution is 2.30. The maximum Gasteiger partial charge on any atom is 0.308 e. The van der Waals surface area contributed by atoms with Crippen molar-refractivity contribution in [1.29, 1.82) is 0 Å². The van der Waals surface area contributed by atoms with Crippen molar-refractivity contribution < 1.29 is 24.2 Å². The third kappa shape index (κ3) is 13.1. The zero-order chi connectivity index (χ0) is 22.8. The number of cyclic esters (lactones) is 2. The van der Waals surface area contributed by atoms with E-state index in [0.717, 1.165) is 38.5 Å². The summed E-state index contributed by atoms with van der Waals surface area (Å²) in [5.74, 6) is -2.37. The second-order valence-corrected chi connectivity index (χ2v) is 9.29. The molecular formula is C26H48O5. The molecule has 1 rings (SSSR count). The van der Waals surface area contributed by atoms with Crippen molar-refractivity contribution in [2.75, 3.05) is 0 Å². The van der Waals surface area contributed by atoms with Gasteiger partial charge in [-0.1, -0.05) is 90.9 Å². The van der Waals surface area contributed by atoms with E-state index in [9.17, 15) is 14.7 Å². The molecule has 0 aromatic carbocycles. The standard InChI is InChI=1S/C26H48O5/c1-3-5-7-9-11-12-13-15-19-23-26(29,22-18-14-10-8-6-4-2)31-25(28)21-17-16-20-24(27)30-23/h23,29H,3-22H2,1-2H3. The van der Waals surface area contributed by atoms with E-state index in [2.05, 4.69) is 13.8 Å². The highest BCUT2D eigenvalue weighted by atomic mass is 16.7. The first-order valence-corrected chi connectivity index (χ1v) is 13.2. The second-order valence-electron chi connectivity index (χ2n) is 9.29. The minimum Gasteiger partial charge on any atom is -0.455 e. The average molecular weight is 441 g/mol. The van der Waals surface area contributed by atoms with Crippen LogP contribution in [-0.4, -0.2) is 28.9 Å². The monoisotopic (exact) mass is 440 g/mol. The summed E-state index contributed by atoms with van der Waals surface area (Å²) in [6.07, 6.45) is 17.7. The van der Waals surface area contributed by atoms with Gasteiger partial charge >= 0.3 is 11.9 Å². The van der Waals surface area contributed by atoms with Crippen molar-refractivity contribution in [3.8, 4) is 0 Å². The lowest BCUT2D eigenvalue weighted by Gasteiger charge is -2.35. The molecule has 1 aliphatic rings. The number of rotatable bonds is 16. The molecule has 5 heteroatoms. The van der Waals surface area contributed by atoms with Crippen LogP contribution in [0.3, 0.4) is 0 Å². The molecule has 31 heavy (non-hydrogen) atoms. The number of esters is 2. The van der Waals surface area contributed by atoms with E-state index in [1.165, 1.54) is 51.4 Å². The van der Waals surface area contributed by atoms with Gasteiger partial charge in [0.1, 0.15) is 0 Å². The molecule has 1 heterocycles. The topological polar surface area (TPSA) is 72.8 Å². The molecule has 2 atom stereocenters. The van der Waals surface area contributed by atoms with Crippen molar-refractivity contribution >= 4 is 11.9 Å². The Morgan fingerprint density at radius 1 is 0.742 bits per heavy atom. The van der Waals surface area contributed by atoms with Crippen molar-refractivity contribution in [2.45, 2.75) is 154 Å². The molecule has 0 bridgehead atoms. The SMILES string of the molecule is CCCCCCCCCCC1OC(=O)CCCCC(=O)OC1(O)CCCCCCCC. The first kappa shape index (κ1) is 27.9. The van der Waals surface area contributed by atoms with Crippen LogP contribution < -0.4 is 0 Å². The number of carbonyl (C=O) groups excluding carboxylic acids is 2. The predicted molar refractivity (Wildman–Crippen MR) is 125 cm³/mol. The fourth-order valence-corrected chi connectivity index (χ4v) is 4.28. The molecule has 5 nitrogen and oxygen atoms in total. The van der Waals surface area contributed by atoms with E-state index in [-0.39, 0.29) is 18.4 Å². The van der Waals surface area contributed by atoms with Gasteiger partial charge in [-0.15, -0.1) is 0 Å². The smallest absolute Gasteiger partial charge is 0.308 e. The number of unbranched alkanes of at least 4 members (excludes halogenated alkanes) is 12. The van der Waals surface area contributed by atoms with Gasteiger partial charge in [-0.05, 0) is 32.1 Å². The fourth-order valence-electron chi connectivity index (χ4n) is 4.28. The fraction of sp³-hybridized carbons (Fsp3) is 0.923. The number of ether oxygens (including phenoxy) is 2. The van der Waals surface area contributed by atoms with Gasteiger partial charge < -0.3 is 14.6 Å². The number of carbonyl (C=O) groups is 2. The van der Waals surface area contributed by atoms with Crippen molar-refractivity contribution in [2.24, 2.45) is 0 Å². The Balaban J connectivity index is 2.61. The van der Waals surface area contributed by atoms with Gasteiger partial charge in [0.15, 0.2) is 6.10 Å². The van der Waals surface area contributed by atoms with Gasteiger partial charge in [0.05, 0.1) is 0 Å². The van der Waals surface area contributed by atoms with Crippen molar-refractivity contribution in [1.82, 2.24) is 0 Å². The van der Waals surface area contributed by atoms with Crippen LogP contribution in [0.1, 0.15) is 142 Å². The van der Waals surface area contributed by atoms with Crippen LogP contribution in [0.4, 0.5) is 0 Å². The lowest BCUT2D eigenvalue weighted by atomic mass is 9.95. The van der Waals surface area contributed by atoms with E-state index in [1.54, 1.807) is 0 Å². The Morgan fingerprint density at radius 3 is 1.81 bits per heavy atom. The van der Waals surface area contributed by atoms with E-state index < -0.39 is 11.9 Å². The summed E-state index contributed by atoms with van der Waals surface area (Å²) in [4.78, 5) is 24.6. The number of hydrogen-bond acceptors (Lipinski definition) is 5. The molecule has 182 valence electrons. The Hall–Kier alpha value is -1.10. The third-order valence-electron chi connectivity index (χ3n) is 6.29. The molecule has 0 aliphatic carbocycles. The molecule has 0 aromatic heterocycles. The number of aliphatic hydroxyl groups is 1. The first-order chi connectivity index (χ1) is 15.0. The Morgan fingerprint density at radius 2 is 1.23 bits per heavy atom. The van der Waals surface area contributed by atoms with E-state index >= 15 is 0 Å². The summed E-state index contributed by atoms with van der Waals surface area (Å²) < 4.78 is 11.2. The van der Waals surface area contributed by atoms with Gasteiger partial charge in [-0.25, -0.2) is 0 Å². The molecular weight excluding hydrogens is 392 g/mol. The van der Waals surface area contributed by atoms with Gasteiger partial charge in [0, 0.05) is 19.3 Å². The normalized spacial score (nSPS) is 22.7. The van der Waals surface area contributed by atoms with Crippen LogP contribution >= 0.6 is 0 Å². The molecule has 1 saturated heterocycles. The molecule has 1 fully saturated rings. The first-order valence-electron chi connectivity index (χ1n) is 13.2. The van der Waals surface area contributed by atoms with Crippen LogP contribution in [0.15, 0.2) is 0 Å². The summed E-state index contributed by atoms with van der Waals surface area (Å²) in [6.45, 7) is 4.41. The summed E-state index contributed by atoms with van der Waals surface area (Å²) in [5, 5.41) is 11.3. The van der Waals surface area contributed by atoms with Crippen molar-refractivity contribution in [3.05, 3.63) is 0 Å². The Bertz CT molecular complexity index is 478. The predicted octanol–water partition coefficient (Wildman–Crippen LogP) is 6.99. The van der Waals surface area contributed by atoms with Crippen LogP contribution in [-0.2, 0) is 19.1 Å². The molecule has 0 saturated carbocycles. The van der Waals surface area contributed by atoms with E-state index in [1.807, 2.05) is 0 Å². The minimum absolute atomic E-state index is 0.247. The summed E-state index contributed by atoms with van der Waals surface area (Å²) in [5.41, 5.74) is 0. The van der Waals surface area contributed by atoms with Gasteiger partial charge in [-0.2, -0.15) is 0 Å². The lowest BCUT2D eigenvalue weighted by molar-refractivity contribution is -0.259. The highest BCUT2D eigenvalue weighted by Gasteiger charge is 2.43. The molecule has 0 amide bonds. The maximum atomic E-state index is 12.3. The average Bonchev–Trinajstić information content (AvgIpc) is 2.74. The van der Waals surface area contributed by atoms with Crippen LogP contribution in [0.25, 0.3) is 0 Å². The van der Waals surface area contributed by atoms with E-state index in [4.69, 9.17) is 9.47 Å². The summed E-state index contributed by atoms with van der Waals surface area (Å²) in [6, 6.07) is 0. The zero-order valence-electron chi connectivity index (χ0n) is 20.3. The minimum atomic E-state index is -1.70. The quantitative estimate of drug-likeness (QED) is 0.207. The lowest BCUT2D eigenvalue weighted by Crippen LogP contribution is -2.49. The van der Waals surface area contributed by atoms with Crippen LogP contribution in [0.2, 0.25) is 0 Å². The zero-order valence-corrected chi connectivity index (χ0v) is 20.3. The largest absolute Gasteiger partial charge is 0.455 e. The summed E-state index contributed by atoms with van der Waals surface area (Å²) >= 11 is 0. The highest BCUT2D eigenvalue weighted by molar-refractivity contribution is 5.71. The molecule has 0 radical (unpaired) electrons. The second kappa shape index (κ2) is 17.5.